The van der Waals surface area contributed by atoms with E-state index in [0.29, 0.717) is 31.0 Å². The van der Waals surface area contributed by atoms with Crippen molar-refractivity contribution in [3.05, 3.63) is 70.5 Å². The van der Waals surface area contributed by atoms with E-state index in [2.05, 4.69) is 39.9 Å². The second-order valence-electron chi connectivity index (χ2n) is 7.81. The third kappa shape index (κ3) is 7.19. The fourth-order valence-electron chi connectivity index (χ4n) is 3.50. The molecule has 1 unspecified atom stereocenters. The standard InChI is InChI=1S/C24H31FN4O.HI/c1-4-26-24(28-18(3)21-12-7-17(2)22(25)14-21)27-15-19-8-10-20(11-9-19)16-29-13-5-6-23(29)30;/h7-12,14,18H,4-6,13,15-16H2,1-3H3,(H2,26,27,28);1H. The molecular formula is C24H32FIN4O. The maximum Gasteiger partial charge on any atom is 0.222 e. The lowest BCUT2D eigenvalue weighted by atomic mass is 10.1. The smallest absolute Gasteiger partial charge is 0.222 e. The van der Waals surface area contributed by atoms with Crippen molar-refractivity contribution in [3.8, 4) is 0 Å². The van der Waals surface area contributed by atoms with E-state index in [4.69, 9.17) is 0 Å². The van der Waals surface area contributed by atoms with Crippen LogP contribution in [0.5, 0.6) is 0 Å². The van der Waals surface area contributed by atoms with Crippen LogP contribution >= 0.6 is 24.0 Å². The molecule has 1 atom stereocenters. The van der Waals surface area contributed by atoms with Gasteiger partial charge < -0.3 is 15.5 Å². The highest BCUT2D eigenvalue weighted by molar-refractivity contribution is 14.0. The van der Waals surface area contributed by atoms with Crippen LogP contribution in [0.1, 0.15) is 55.0 Å². The van der Waals surface area contributed by atoms with Gasteiger partial charge in [-0.05, 0) is 55.5 Å². The van der Waals surface area contributed by atoms with Crippen molar-refractivity contribution in [3.63, 3.8) is 0 Å². The number of rotatable bonds is 7. The lowest BCUT2D eigenvalue weighted by molar-refractivity contribution is -0.128. The molecule has 0 radical (unpaired) electrons. The summed E-state index contributed by atoms with van der Waals surface area (Å²) >= 11 is 0. The summed E-state index contributed by atoms with van der Waals surface area (Å²) in [5, 5.41) is 6.59. The van der Waals surface area contributed by atoms with E-state index in [1.165, 1.54) is 0 Å². The lowest BCUT2D eigenvalue weighted by Crippen LogP contribution is -2.38. The van der Waals surface area contributed by atoms with Crippen LogP contribution in [-0.4, -0.2) is 29.9 Å². The van der Waals surface area contributed by atoms with Crippen LogP contribution in [-0.2, 0) is 17.9 Å². The first-order valence-corrected chi connectivity index (χ1v) is 10.6. The number of hydrogen-bond acceptors (Lipinski definition) is 2. The molecule has 0 bridgehead atoms. The van der Waals surface area contributed by atoms with Gasteiger partial charge in [-0.2, -0.15) is 0 Å². The van der Waals surface area contributed by atoms with Crippen molar-refractivity contribution in [2.75, 3.05) is 13.1 Å². The Kier molecular flexibility index (Phi) is 9.74. The van der Waals surface area contributed by atoms with Gasteiger partial charge in [0, 0.05) is 26.1 Å². The molecule has 5 nitrogen and oxygen atoms in total. The summed E-state index contributed by atoms with van der Waals surface area (Å²) in [6.07, 6.45) is 1.63. The van der Waals surface area contributed by atoms with Crippen molar-refractivity contribution < 1.29 is 9.18 Å². The third-order valence-corrected chi connectivity index (χ3v) is 5.38. The predicted octanol–water partition coefficient (Wildman–Crippen LogP) is 4.69. The summed E-state index contributed by atoms with van der Waals surface area (Å²) in [4.78, 5) is 18.4. The Morgan fingerprint density at radius 3 is 2.52 bits per heavy atom. The van der Waals surface area contributed by atoms with Crippen LogP contribution < -0.4 is 10.6 Å². The van der Waals surface area contributed by atoms with Crippen LogP contribution in [0.15, 0.2) is 47.5 Å². The first-order valence-electron chi connectivity index (χ1n) is 10.6. The van der Waals surface area contributed by atoms with E-state index in [1.54, 1.807) is 19.1 Å². The van der Waals surface area contributed by atoms with Gasteiger partial charge in [0.15, 0.2) is 5.96 Å². The third-order valence-electron chi connectivity index (χ3n) is 5.38. The van der Waals surface area contributed by atoms with E-state index in [0.717, 1.165) is 36.2 Å². The number of hydrogen-bond donors (Lipinski definition) is 2. The van der Waals surface area contributed by atoms with Gasteiger partial charge in [0.2, 0.25) is 5.91 Å². The van der Waals surface area contributed by atoms with Crippen LogP contribution in [0.25, 0.3) is 0 Å². The van der Waals surface area contributed by atoms with Crippen molar-refractivity contribution in [2.45, 2.75) is 52.7 Å². The van der Waals surface area contributed by atoms with Crippen molar-refractivity contribution in [1.29, 1.82) is 0 Å². The molecule has 2 N–H and O–H groups in total. The minimum atomic E-state index is -0.196. The molecule has 1 aliphatic rings. The lowest BCUT2D eigenvalue weighted by Gasteiger charge is -2.19. The molecule has 2 aromatic carbocycles. The molecule has 3 rings (SSSR count). The first-order chi connectivity index (χ1) is 14.5. The minimum absolute atomic E-state index is 0. The van der Waals surface area contributed by atoms with Gasteiger partial charge in [0.05, 0.1) is 12.6 Å². The van der Waals surface area contributed by atoms with E-state index >= 15 is 0 Å². The van der Waals surface area contributed by atoms with Crippen molar-refractivity contribution in [1.82, 2.24) is 15.5 Å². The number of carbonyl (C=O) groups is 1. The summed E-state index contributed by atoms with van der Waals surface area (Å²) in [5.74, 6) is 0.740. The Balaban J connectivity index is 0.00000341. The summed E-state index contributed by atoms with van der Waals surface area (Å²) in [7, 11) is 0. The largest absolute Gasteiger partial charge is 0.357 e. The molecule has 0 saturated carbocycles. The Morgan fingerprint density at radius 1 is 1.19 bits per heavy atom. The Bertz CT molecular complexity index is 901. The molecule has 1 amide bonds. The van der Waals surface area contributed by atoms with Crippen LogP contribution in [0.2, 0.25) is 0 Å². The van der Waals surface area contributed by atoms with E-state index in [-0.39, 0.29) is 41.7 Å². The van der Waals surface area contributed by atoms with Gasteiger partial charge in [-0.15, -0.1) is 24.0 Å². The summed E-state index contributed by atoms with van der Waals surface area (Å²) in [6, 6.07) is 13.5. The van der Waals surface area contributed by atoms with Crippen LogP contribution in [0.3, 0.4) is 0 Å². The Hall–Kier alpha value is -2.16. The summed E-state index contributed by atoms with van der Waals surface area (Å²) < 4.78 is 13.9. The fourth-order valence-corrected chi connectivity index (χ4v) is 3.50. The number of carbonyl (C=O) groups excluding carboxylic acids is 1. The van der Waals surface area contributed by atoms with E-state index in [9.17, 15) is 9.18 Å². The quantitative estimate of drug-likeness (QED) is 0.306. The molecule has 0 aliphatic carbocycles. The van der Waals surface area contributed by atoms with Crippen LogP contribution in [0, 0.1) is 12.7 Å². The number of likely N-dealkylation sites (tertiary alicyclic amines) is 1. The molecule has 168 valence electrons. The number of aliphatic imine (C=N–C) groups is 1. The van der Waals surface area contributed by atoms with E-state index < -0.39 is 0 Å². The maximum atomic E-state index is 13.9. The predicted molar refractivity (Wildman–Crippen MR) is 134 cm³/mol. The van der Waals surface area contributed by atoms with Gasteiger partial charge in [0.1, 0.15) is 5.82 Å². The van der Waals surface area contributed by atoms with E-state index in [1.807, 2.05) is 24.8 Å². The Labute approximate surface area is 201 Å². The zero-order valence-corrected chi connectivity index (χ0v) is 20.8. The summed E-state index contributed by atoms with van der Waals surface area (Å²) in [5.41, 5.74) is 3.75. The van der Waals surface area contributed by atoms with Gasteiger partial charge in [-0.25, -0.2) is 9.38 Å². The number of amides is 1. The van der Waals surface area contributed by atoms with Gasteiger partial charge in [-0.3, -0.25) is 4.79 Å². The molecular weight excluding hydrogens is 506 g/mol. The topological polar surface area (TPSA) is 56.7 Å². The first kappa shape index (κ1) is 25.1. The highest BCUT2D eigenvalue weighted by Crippen LogP contribution is 2.17. The monoisotopic (exact) mass is 538 g/mol. The number of nitrogens with one attached hydrogen (secondary N) is 2. The van der Waals surface area contributed by atoms with Gasteiger partial charge >= 0.3 is 0 Å². The molecule has 1 fully saturated rings. The molecule has 1 heterocycles. The number of halogens is 2. The normalized spacial score (nSPS) is 14.9. The van der Waals surface area contributed by atoms with Crippen molar-refractivity contribution in [2.24, 2.45) is 4.99 Å². The molecule has 0 aromatic heterocycles. The van der Waals surface area contributed by atoms with Crippen LogP contribution in [0.4, 0.5) is 4.39 Å². The van der Waals surface area contributed by atoms with Gasteiger partial charge in [-0.1, -0.05) is 36.4 Å². The number of aryl methyl sites for hydroxylation is 1. The average molecular weight is 538 g/mol. The molecule has 2 aromatic rings. The average Bonchev–Trinajstić information content (AvgIpc) is 3.14. The fraction of sp³-hybridized carbons (Fsp3) is 0.417. The molecule has 7 heteroatoms. The number of benzene rings is 2. The molecule has 1 saturated heterocycles. The zero-order chi connectivity index (χ0) is 21.5. The molecule has 31 heavy (non-hydrogen) atoms. The number of guanidine groups is 1. The second kappa shape index (κ2) is 12.0. The highest BCUT2D eigenvalue weighted by Gasteiger charge is 2.19. The second-order valence-corrected chi connectivity index (χ2v) is 7.81. The molecule has 1 aliphatic heterocycles. The minimum Gasteiger partial charge on any atom is -0.357 e. The zero-order valence-electron chi connectivity index (χ0n) is 18.5. The van der Waals surface area contributed by atoms with Crippen molar-refractivity contribution >= 4 is 35.8 Å². The maximum absolute atomic E-state index is 13.9. The number of nitrogens with zero attached hydrogens (tertiary/aromatic N) is 2. The summed E-state index contributed by atoms with van der Waals surface area (Å²) in [6.45, 7) is 8.57. The Morgan fingerprint density at radius 2 is 1.90 bits per heavy atom. The van der Waals surface area contributed by atoms with Gasteiger partial charge in [0.25, 0.3) is 0 Å². The SMILES string of the molecule is CCNC(=NCc1ccc(CN2CCCC2=O)cc1)NC(C)c1ccc(C)c(F)c1.I. The highest BCUT2D eigenvalue weighted by atomic mass is 127. The molecule has 0 spiro atoms.